The number of ether oxygens (including phenoxy) is 1. The molecule has 0 bridgehead atoms. The molecule has 1 heterocycles. The van der Waals surface area contributed by atoms with Crippen LogP contribution in [0.2, 0.25) is 0 Å². The van der Waals surface area contributed by atoms with Crippen molar-refractivity contribution < 1.29 is 17.9 Å². The Kier molecular flexibility index (Phi) is 6.07. The highest BCUT2D eigenvalue weighted by atomic mass is 35.5. The lowest BCUT2D eigenvalue weighted by atomic mass is 10.1. The summed E-state index contributed by atoms with van der Waals surface area (Å²) in [5.41, 5.74) is 2.18. The lowest BCUT2D eigenvalue weighted by Crippen LogP contribution is -2.35. The molecular formula is C13H18ClF3N2O. The molecule has 0 aliphatic carbocycles. The van der Waals surface area contributed by atoms with E-state index in [2.05, 4.69) is 4.98 Å². The van der Waals surface area contributed by atoms with Gasteiger partial charge >= 0.3 is 6.18 Å². The third-order valence-electron chi connectivity index (χ3n) is 2.93. The lowest BCUT2D eigenvalue weighted by Gasteiger charge is -2.23. The number of pyridine rings is 1. The van der Waals surface area contributed by atoms with Crippen LogP contribution in [0.5, 0.6) is 5.75 Å². The molecule has 0 aliphatic rings. The number of aromatic nitrogens is 1. The zero-order valence-corrected chi connectivity index (χ0v) is 12.5. The van der Waals surface area contributed by atoms with E-state index in [1.54, 1.807) is 13.1 Å². The van der Waals surface area contributed by atoms with Crippen LogP contribution in [-0.2, 0) is 6.54 Å². The van der Waals surface area contributed by atoms with Crippen LogP contribution < -0.4 is 4.74 Å². The zero-order valence-electron chi connectivity index (χ0n) is 11.7. The van der Waals surface area contributed by atoms with E-state index >= 15 is 0 Å². The summed E-state index contributed by atoms with van der Waals surface area (Å²) in [6.45, 7) is 2.87. The van der Waals surface area contributed by atoms with Crippen LogP contribution in [0, 0.1) is 13.8 Å². The van der Waals surface area contributed by atoms with Crippen molar-refractivity contribution in [2.75, 3.05) is 26.1 Å². The number of rotatable bonds is 6. The Balaban J connectivity index is 2.94. The van der Waals surface area contributed by atoms with E-state index in [4.69, 9.17) is 16.3 Å². The number of hydrogen-bond acceptors (Lipinski definition) is 3. The molecule has 0 saturated heterocycles. The van der Waals surface area contributed by atoms with Gasteiger partial charge in [-0.15, -0.1) is 11.6 Å². The van der Waals surface area contributed by atoms with Gasteiger partial charge in [-0.2, -0.15) is 13.2 Å². The van der Waals surface area contributed by atoms with E-state index in [0.29, 0.717) is 11.4 Å². The van der Waals surface area contributed by atoms with Gasteiger partial charge in [-0.25, -0.2) is 0 Å². The van der Waals surface area contributed by atoms with Crippen LogP contribution in [-0.4, -0.2) is 42.1 Å². The largest absolute Gasteiger partial charge is 0.496 e. The third-order valence-corrected chi connectivity index (χ3v) is 3.10. The van der Waals surface area contributed by atoms with E-state index in [9.17, 15) is 13.2 Å². The Labute approximate surface area is 121 Å². The number of alkyl halides is 4. The molecule has 0 amide bonds. The Hall–Kier alpha value is -1.01. The Morgan fingerprint density at radius 3 is 2.50 bits per heavy atom. The van der Waals surface area contributed by atoms with Gasteiger partial charge in [-0.05, 0) is 13.8 Å². The summed E-state index contributed by atoms with van der Waals surface area (Å²) in [4.78, 5) is 5.44. The molecule has 20 heavy (non-hydrogen) atoms. The van der Waals surface area contributed by atoms with Crippen LogP contribution in [0.25, 0.3) is 0 Å². The second-order valence-corrected chi connectivity index (χ2v) is 4.94. The van der Waals surface area contributed by atoms with E-state index in [-0.39, 0.29) is 19.0 Å². The summed E-state index contributed by atoms with van der Waals surface area (Å²) < 4.78 is 42.8. The monoisotopic (exact) mass is 310 g/mol. The minimum absolute atomic E-state index is 0.0920. The second-order valence-electron chi connectivity index (χ2n) is 4.56. The molecule has 0 aromatic carbocycles. The molecule has 0 saturated carbocycles. The molecule has 0 spiro atoms. The first kappa shape index (κ1) is 17.0. The molecule has 3 nitrogen and oxygen atoms in total. The van der Waals surface area contributed by atoms with Gasteiger partial charge in [0.05, 0.1) is 19.3 Å². The van der Waals surface area contributed by atoms with Crippen molar-refractivity contribution >= 4 is 11.6 Å². The van der Waals surface area contributed by atoms with Crippen molar-refractivity contribution in [1.29, 1.82) is 0 Å². The van der Waals surface area contributed by atoms with Crippen molar-refractivity contribution in [3.8, 4) is 5.75 Å². The minimum atomic E-state index is -4.26. The fourth-order valence-corrected chi connectivity index (χ4v) is 2.27. The minimum Gasteiger partial charge on any atom is -0.496 e. The van der Waals surface area contributed by atoms with Gasteiger partial charge in [0.1, 0.15) is 5.75 Å². The molecule has 0 aliphatic heterocycles. The van der Waals surface area contributed by atoms with Gasteiger partial charge in [-0.3, -0.25) is 9.88 Å². The van der Waals surface area contributed by atoms with Crippen molar-refractivity contribution in [1.82, 2.24) is 9.88 Å². The summed E-state index contributed by atoms with van der Waals surface area (Å²) in [5, 5.41) is 0. The molecule has 0 atom stereocenters. The van der Waals surface area contributed by atoms with Gasteiger partial charge < -0.3 is 4.74 Å². The maximum atomic E-state index is 12.5. The molecule has 1 aromatic heterocycles. The Bertz CT molecular complexity index is 452. The molecule has 1 aromatic rings. The van der Waals surface area contributed by atoms with Crippen molar-refractivity contribution in [3.63, 3.8) is 0 Å². The maximum absolute atomic E-state index is 12.5. The SMILES string of the molecule is COc1c(C)cnc(CN(CCCl)CC(F)(F)F)c1C. The fraction of sp³-hybridized carbons (Fsp3) is 0.615. The molecule has 0 N–H and O–H groups in total. The average Bonchev–Trinajstić information content (AvgIpc) is 2.32. The van der Waals surface area contributed by atoms with Gasteiger partial charge in [0.25, 0.3) is 0 Å². The number of aryl methyl sites for hydroxylation is 1. The molecule has 0 unspecified atom stereocenters. The predicted octanol–water partition coefficient (Wildman–Crippen LogP) is 3.31. The standard InChI is InChI=1S/C13H18ClF3N2O/c1-9-6-18-11(10(2)12(9)20-3)7-19(5-4-14)8-13(15,16)17/h6H,4-5,7-8H2,1-3H3. The van der Waals surface area contributed by atoms with E-state index < -0.39 is 12.7 Å². The number of methoxy groups -OCH3 is 1. The summed E-state index contributed by atoms with van der Waals surface area (Å²) in [6.07, 6.45) is -2.65. The van der Waals surface area contributed by atoms with Gasteiger partial charge in [0.2, 0.25) is 0 Å². The maximum Gasteiger partial charge on any atom is 0.401 e. The average molecular weight is 311 g/mol. The summed E-state index contributed by atoms with van der Waals surface area (Å²) in [6, 6.07) is 0. The fourth-order valence-electron chi connectivity index (χ4n) is 2.03. The van der Waals surface area contributed by atoms with Crippen LogP contribution >= 0.6 is 11.6 Å². The molecule has 1 rings (SSSR count). The lowest BCUT2D eigenvalue weighted by molar-refractivity contribution is -0.146. The van der Waals surface area contributed by atoms with E-state index in [0.717, 1.165) is 11.1 Å². The molecule has 0 fully saturated rings. The molecule has 114 valence electrons. The summed E-state index contributed by atoms with van der Waals surface area (Å²) >= 11 is 5.56. The summed E-state index contributed by atoms with van der Waals surface area (Å²) in [7, 11) is 1.53. The number of hydrogen-bond donors (Lipinski definition) is 0. The predicted molar refractivity (Wildman–Crippen MR) is 72.3 cm³/mol. The van der Waals surface area contributed by atoms with Crippen molar-refractivity contribution in [3.05, 3.63) is 23.0 Å². The first-order valence-electron chi connectivity index (χ1n) is 6.12. The highest BCUT2D eigenvalue weighted by molar-refractivity contribution is 6.18. The summed E-state index contributed by atoms with van der Waals surface area (Å²) in [5.74, 6) is 0.797. The smallest absolute Gasteiger partial charge is 0.401 e. The van der Waals surface area contributed by atoms with Crippen LogP contribution in [0.15, 0.2) is 6.20 Å². The molecular weight excluding hydrogens is 293 g/mol. The Morgan fingerprint density at radius 2 is 2.00 bits per heavy atom. The highest BCUT2D eigenvalue weighted by Crippen LogP contribution is 2.25. The number of nitrogens with zero attached hydrogens (tertiary/aromatic N) is 2. The zero-order chi connectivity index (χ0) is 15.3. The first-order chi connectivity index (χ1) is 9.28. The Morgan fingerprint density at radius 1 is 1.35 bits per heavy atom. The normalized spacial score (nSPS) is 12.0. The van der Waals surface area contributed by atoms with Crippen LogP contribution in [0.1, 0.15) is 16.8 Å². The van der Waals surface area contributed by atoms with E-state index in [1.807, 2.05) is 6.92 Å². The van der Waals surface area contributed by atoms with Crippen LogP contribution in [0.4, 0.5) is 13.2 Å². The quantitative estimate of drug-likeness (QED) is 0.754. The third kappa shape index (κ3) is 4.83. The topological polar surface area (TPSA) is 25.4 Å². The van der Waals surface area contributed by atoms with Gasteiger partial charge in [0, 0.05) is 36.3 Å². The van der Waals surface area contributed by atoms with Crippen molar-refractivity contribution in [2.24, 2.45) is 0 Å². The van der Waals surface area contributed by atoms with Gasteiger partial charge in [0.15, 0.2) is 0 Å². The van der Waals surface area contributed by atoms with E-state index in [1.165, 1.54) is 12.0 Å². The molecule has 0 radical (unpaired) electrons. The first-order valence-corrected chi connectivity index (χ1v) is 6.66. The van der Waals surface area contributed by atoms with Gasteiger partial charge in [-0.1, -0.05) is 0 Å². The van der Waals surface area contributed by atoms with Crippen LogP contribution in [0.3, 0.4) is 0 Å². The number of halogens is 4. The molecule has 7 heteroatoms. The second kappa shape index (κ2) is 7.13. The highest BCUT2D eigenvalue weighted by Gasteiger charge is 2.31. The van der Waals surface area contributed by atoms with Crippen molar-refractivity contribution in [2.45, 2.75) is 26.6 Å².